The minimum Gasteiger partial charge on any atom is -0.338 e. The lowest BCUT2D eigenvalue weighted by molar-refractivity contribution is 0.252. The molecule has 0 atom stereocenters. The molecule has 15 heavy (non-hydrogen) atoms. The lowest BCUT2D eigenvalue weighted by Crippen LogP contribution is -2.29. The number of anilines is 1. The predicted molar refractivity (Wildman–Crippen MR) is 66.2 cm³/mol. The molecule has 0 heterocycles. The minimum absolute atomic E-state index is 0.164. The lowest BCUT2D eigenvalue weighted by atomic mass is 10.2. The highest BCUT2D eigenvalue weighted by atomic mass is 79.9. The molecule has 1 aromatic rings. The number of rotatable bonds is 3. The second kappa shape index (κ2) is 5.75. The van der Waals surface area contributed by atoms with Gasteiger partial charge in [0, 0.05) is 11.0 Å². The molecule has 0 aliphatic rings. The Bertz CT molecular complexity index is 352. The van der Waals surface area contributed by atoms with Gasteiger partial charge >= 0.3 is 6.03 Å². The van der Waals surface area contributed by atoms with Gasteiger partial charge in [-0.2, -0.15) is 0 Å². The summed E-state index contributed by atoms with van der Waals surface area (Å²) in [6.07, 6.45) is 0.933. The summed E-state index contributed by atoms with van der Waals surface area (Å²) in [7, 11) is 0. The van der Waals surface area contributed by atoms with E-state index in [-0.39, 0.29) is 6.03 Å². The summed E-state index contributed by atoms with van der Waals surface area (Å²) in [5.41, 5.74) is 1.90. The molecule has 0 saturated carbocycles. The average Bonchev–Trinajstić information content (AvgIpc) is 2.22. The summed E-state index contributed by atoms with van der Waals surface area (Å²) >= 11 is 3.43. The average molecular weight is 271 g/mol. The van der Waals surface area contributed by atoms with Crippen molar-refractivity contribution in [2.24, 2.45) is 0 Å². The van der Waals surface area contributed by atoms with E-state index >= 15 is 0 Å². The molecule has 0 unspecified atom stereocenters. The van der Waals surface area contributed by atoms with Gasteiger partial charge in [-0.05, 0) is 40.9 Å². The molecule has 2 N–H and O–H groups in total. The molecular formula is C11H15BrN2O. The largest absolute Gasteiger partial charge is 0.338 e. The van der Waals surface area contributed by atoms with E-state index < -0.39 is 0 Å². The molecule has 82 valence electrons. The molecule has 0 aromatic heterocycles. The molecule has 0 radical (unpaired) electrons. The number of hydrogen-bond acceptors (Lipinski definition) is 1. The SMILES string of the molecule is CCCNC(=O)Nc1cccc(C)c1Br. The summed E-state index contributed by atoms with van der Waals surface area (Å²) < 4.78 is 0.927. The van der Waals surface area contributed by atoms with Gasteiger partial charge in [0.15, 0.2) is 0 Å². The van der Waals surface area contributed by atoms with Crippen LogP contribution in [-0.4, -0.2) is 12.6 Å². The Labute approximate surface area is 98.4 Å². The first-order chi connectivity index (χ1) is 7.15. The zero-order chi connectivity index (χ0) is 11.3. The lowest BCUT2D eigenvalue weighted by Gasteiger charge is -2.09. The van der Waals surface area contributed by atoms with E-state index in [0.29, 0.717) is 6.54 Å². The molecule has 0 spiro atoms. The topological polar surface area (TPSA) is 41.1 Å². The number of halogens is 1. The smallest absolute Gasteiger partial charge is 0.319 e. The molecule has 1 aromatic carbocycles. The molecule has 2 amide bonds. The van der Waals surface area contributed by atoms with Crippen molar-refractivity contribution in [1.29, 1.82) is 0 Å². The highest BCUT2D eigenvalue weighted by molar-refractivity contribution is 9.10. The monoisotopic (exact) mass is 270 g/mol. The van der Waals surface area contributed by atoms with Crippen LogP contribution in [0.2, 0.25) is 0 Å². The summed E-state index contributed by atoms with van der Waals surface area (Å²) in [4.78, 5) is 11.4. The van der Waals surface area contributed by atoms with Crippen LogP contribution in [-0.2, 0) is 0 Å². The maximum Gasteiger partial charge on any atom is 0.319 e. The Kier molecular flexibility index (Phi) is 4.62. The number of nitrogens with one attached hydrogen (secondary N) is 2. The van der Waals surface area contributed by atoms with Crippen molar-refractivity contribution in [2.45, 2.75) is 20.3 Å². The van der Waals surface area contributed by atoms with E-state index in [1.807, 2.05) is 32.0 Å². The van der Waals surface area contributed by atoms with E-state index in [4.69, 9.17) is 0 Å². The number of urea groups is 1. The van der Waals surface area contributed by atoms with Gasteiger partial charge in [0.1, 0.15) is 0 Å². The third-order valence-corrected chi connectivity index (χ3v) is 3.03. The molecule has 0 bridgehead atoms. The van der Waals surface area contributed by atoms with Crippen molar-refractivity contribution < 1.29 is 4.79 Å². The Morgan fingerprint density at radius 1 is 1.47 bits per heavy atom. The molecule has 0 aliphatic heterocycles. The quantitative estimate of drug-likeness (QED) is 0.870. The second-order valence-electron chi connectivity index (χ2n) is 3.32. The Morgan fingerprint density at radius 2 is 2.20 bits per heavy atom. The first kappa shape index (κ1) is 12.0. The fourth-order valence-corrected chi connectivity index (χ4v) is 1.51. The normalized spacial score (nSPS) is 9.80. The Hall–Kier alpha value is -1.03. The van der Waals surface area contributed by atoms with Crippen molar-refractivity contribution in [3.63, 3.8) is 0 Å². The first-order valence-electron chi connectivity index (χ1n) is 4.95. The minimum atomic E-state index is -0.164. The van der Waals surface area contributed by atoms with E-state index in [1.54, 1.807) is 0 Å². The number of carbonyl (C=O) groups is 1. The van der Waals surface area contributed by atoms with Crippen LogP contribution >= 0.6 is 15.9 Å². The predicted octanol–water partition coefficient (Wildman–Crippen LogP) is 3.29. The van der Waals surface area contributed by atoms with Crippen LogP contribution in [0.5, 0.6) is 0 Å². The van der Waals surface area contributed by atoms with E-state index in [9.17, 15) is 4.79 Å². The molecule has 1 rings (SSSR count). The Balaban J connectivity index is 2.64. The van der Waals surface area contributed by atoms with Gasteiger partial charge in [0.25, 0.3) is 0 Å². The highest BCUT2D eigenvalue weighted by Gasteiger charge is 2.05. The summed E-state index contributed by atoms with van der Waals surface area (Å²) in [5.74, 6) is 0. The van der Waals surface area contributed by atoms with Crippen molar-refractivity contribution in [1.82, 2.24) is 5.32 Å². The zero-order valence-electron chi connectivity index (χ0n) is 8.93. The number of hydrogen-bond donors (Lipinski definition) is 2. The van der Waals surface area contributed by atoms with Crippen molar-refractivity contribution in [3.8, 4) is 0 Å². The molecule has 4 heteroatoms. The zero-order valence-corrected chi connectivity index (χ0v) is 10.5. The van der Waals surface area contributed by atoms with Gasteiger partial charge in [-0.25, -0.2) is 4.79 Å². The van der Waals surface area contributed by atoms with Crippen molar-refractivity contribution in [3.05, 3.63) is 28.2 Å². The highest BCUT2D eigenvalue weighted by Crippen LogP contribution is 2.25. The van der Waals surface area contributed by atoms with Gasteiger partial charge in [0.2, 0.25) is 0 Å². The van der Waals surface area contributed by atoms with Gasteiger partial charge in [0.05, 0.1) is 5.69 Å². The Morgan fingerprint density at radius 3 is 2.87 bits per heavy atom. The maximum atomic E-state index is 11.4. The molecule has 0 aliphatic carbocycles. The fourth-order valence-electron chi connectivity index (χ4n) is 1.15. The summed E-state index contributed by atoms with van der Waals surface area (Å²) in [5, 5.41) is 5.55. The van der Waals surface area contributed by atoms with Crippen LogP contribution in [0.3, 0.4) is 0 Å². The van der Waals surface area contributed by atoms with Gasteiger partial charge in [-0.15, -0.1) is 0 Å². The van der Waals surface area contributed by atoms with Crippen LogP contribution < -0.4 is 10.6 Å². The number of carbonyl (C=O) groups excluding carboxylic acids is 1. The summed E-state index contributed by atoms with van der Waals surface area (Å²) in [6.45, 7) is 4.69. The van der Waals surface area contributed by atoms with Crippen molar-refractivity contribution >= 4 is 27.6 Å². The third kappa shape index (κ3) is 3.55. The van der Waals surface area contributed by atoms with E-state index in [2.05, 4.69) is 26.6 Å². The number of benzene rings is 1. The maximum absolute atomic E-state index is 11.4. The van der Waals surface area contributed by atoms with Crippen LogP contribution in [0.25, 0.3) is 0 Å². The second-order valence-corrected chi connectivity index (χ2v) is 4.11. The molecule has 0 saturated heterocycles. The van der Waals surface area contributed by atoms with Gasteiger partial charge in [-0.1, -0.05) is 19.1 Å². The fraction of sp³-hybridized carbons (Fsp3) is 0.364. The third-order valence-electron chi connectivity index (χ3n) is 1.98. The first-order valence-corrected chi connectivity index (χ1v) is 5.74. The van der Waals surface area contributed by atoms with Crippen molar-refractivity contribution in [2.75, 3.05) is 11.9 Å². The van der Waals surface area contributed by atoms with E-state index in [0.717, 1.165) is 22.1 Å². The van der Waals surface area contributed by atoms with Crippen LogP contribution in [0.4, 0.5) is 10.5 Å². The van der Waals surface area contributed by atoms with Crippen LogP contribution in [0, 0.1) is 6.92 Å². The molecular weight excluding hydrogens is 256 g/mol. The van der Waals surface area contributed by atoms with Gasteiger partial charge in [-0.3, -0.25) is 0 Å². The van der Waals surface area contributed by atoms with Crippen LogP contribution in [0.1, 0.15) is 18.9 Å². The van der Waals surface area contributed by atoms with Crippen LogP contribution in [0.15, 0.2) is 22.7 Å². The summed E-state index contributed by atoms with van der Waals surface area (Å²) in [6, 6.07) is 5.60. The molecule has 0 fully saturated rings. The van der Waals surface area contributed by atoms with E-state index in [1.165, 1.54) is 0 Å². The van der Waals surface area contributed by atoms with Gasteiger partial charge < -0.3 is 10.6 Å². The molecule has 3 nitrogen and oxygen atoms in total. The standard InChI is InChI=1S/C11H15BrN2O/c1-3-7-13-11(15)14-9-6-4-5-8(2)10(9)12/h4-6H,3,7H2,1-2H3,(H2,13,14,15). The number of amides is 2. The number of aryl methyl sites for hydroxylation is 1.